The predicted octanol–water partition coefficient (Wildman–Crippen LogP) is 3.92. The van der Waals surface area contributed by atoms with Gasteiger partial charge in [0.1, 0.15) is 36.2 Å². The van der Waals surface area contributed by atoms with Crippen LogP contribution in [0.25, 0.3) is 0 Å². The fourth-order valence-corrected chi connectivity index (χ4v) is 4.52. The van der Waals surface area contributed by atoms with Gasteiger partial charge >= 0.3 is 23.9 Å². The molecular weight excluding hydrogens is 508 g/mol. The lowest BCUT2D eigenvalue weighted by atomic mass is 9.77. The lowest BCUT2D eigenvalue weighted by Gasteiger charge is -2.36. The number of phenols is 1. The van der Waals surface area contributed by atoms with Gasteiger partial charge in [-0.3, -0.25) is 9.59 Å². The van der Waals surface area contributed by atoms with Crippen LogP contribution in [0.2, 0.25) is 0 Å². The Hall–Kier alpha value is -5.12. The van der Waals surface area contributed by atoms with Crippen LogP contribution in [-0.4, -0.2) is 42.2 Å². The van der Waals surface area contributed by atoms with Gasteiger partial charge in [-0.2, -0.15) is 0 Å². The van der Waals surface area contributed by atoms with Crippen molar-refractivity contribution >= 4 is 23.9 Å². The molecule has 2 aliphatic heterocycles. The number of carbonyl (C=O) groups excluding carboxylic acids is 4. The molecule has 1 spiro atoms. The normalized spacial score (nSPS) is 16.2. The molecular formula is C29H22O10. The molecule has 0 aliphatic carbocycles. The number of hydrogen-bond acceptors (Lipinski definition) is 10. The Morgan fingerprint density at radius 2 is 1.56 bits per heavy atom. The summed E-state index contributed by atoms with van der Waals surface area (Å²) in [6.07, 6.45) is 0.498. The standard InChI is InChI=1S/C29H22O10/c1-2-25(31)35-13-14-36-26(32)11-12-27(33)37-18-8-10-22-24(16-18)38-23-15-17(30)7-9-21(23)29(22)20-6-4-3-5-19(20)28(34)39-29/h2-10,15-16,30H,1,11-14H2. The van der Waals surface area contributed by atoms with E-state index >= 15 is 0 Å². The van der Waals surface area contributed by atoms with Gasteiger partial charge in [-0.15, -0.1) is 0 Å². The van der Waals surface area contributed by atoms with Crippen molar-refractivity contribution in [3.63, 3.8) is 0 Å². The fraction of sp³-hybridized carbons (Fsp3) is 0.172. The molecule has 0 aromatic heterocycles. The van der Waals surface area contributed by atoms with E-state index < -0.39 is 29.5 Å². The molecule has 3 aromatic carbocycles. The molecule has 39 heavy (non-hydrogen) atoms. The number of aromatic hydroxyl groups is 1. The van der Waals surface area contributed by atoms with Gasteiger partial charge in [-0.1, -0.05) is 24.8 Å². The van der Waals surface area contributed by atoms with E-state index in [4.69, 9.17) is 23.7 Å². The summed E-state index contributed by atoms with van der Waals surface area (Å²) in [5.74, 6) is -1.85. The summed E-state index contributed by atoms with van der Waals surface area (Å²) in [7, 11) is 0. The number of hydrogen-bond donors (Lipinski definition) is 1. The number of carbonyl (C=O) groups is 4. The predicted molar refractivity (Wildman–Crippen MR) is 133 cm³/mol. The van der Waals surface area contributed by atoms with Crippen LogP contribution in [0.3, 0.4) is 0 Å². The van der Waals surface area contributed by atoms with Crippen molar-refractivity contribution in [1.29, 1.82) is 0 Å². The monoisotopic (exact) mass is 530 g/mol. The molecule has 10 heteroatoms. The van der Waals surface area contributed by atoms with Gasteiger partial charge < -0.3 is 28.8 Å². The van der Waals surface area contributed by atoms with Gasteiger partial charge in [-0.05, 0) is 30.3 Å². The maximum absolute atomic E-state index is 12.8. The molecule has 1 unspecified atom stereocenters. The van der Waals surface area contributed by atoms with Crippen molar-refractivity contribution in [1.82, 2.24) is 0 Å². The molecule has 0 saturated carbocycles. The Morgan fingerprint density at radius 1 is 0.872 bits per heavy atom. The van der Waals surface area contributed by atoms with Crippen LogP contribution in [0.15, 0.2) is 73.3 Å². The molecule has 1 atom stereocenters. The van der Waals surface area contributed by atoms with Gasteiger partial charge in [0, 0.05) is 34.9 Å². The molecule has 5 rings (SSSR count). The number of esters is 4. The number of phenolic OH excluding ortho intramolecular Hbond substituents is 1. The quantitative estimate of drug-likeness (QED) is 0.150. The minimum atomic E-state index is -1.32. The van der Waals surface area contributed by atoms with E-state index in [0.29, 0.717) is 22.3 Å². The first-order valence-corrected chi connectivity index (χ1v) is 12.0. The van der Waals surface area contributed by atoms with E-state index in [0.717, 1.165) is 6.08 Å². The van der Waals surface area contributed by atoms with E-state index in [-0.39, 0.29) is 49.1 Å². The summed E-state index contributed by atoms with van der Waals surface area (Å²) in [5, 5.41) is 10.1. The van der Waals surface area contributed by atoms with Crippen LogP contribution >= 0.6 is 0 Å². The molecule has 2 aliphatic rings. The average molecular weight is 530 g/mol. The molecule has 198 valence electrons. The number of ether oxygens (including phenoxy) is 5. The van der Waals surface area contributed by atoms with Crippen LogP contribution in [0.4, 0.5) is 0 Å². The topological polar surface area (TPSA) is 135 Å². The van der Waals surface area contributed by atoms with Crippen molar-refractivity contribution in [3.8, 4) is 23.0 Å². The molecule has 0 fully saturated rings. The molecule has 0 bridgehead atoms. The highest BCUT2D eigenvalue weighted by atomic mass is 16.6. The van der Waals surface area contributed by atoms with Crippen molar-refractivity contribution in [2.75, 3.05) is 13.2 Å². The Bertz CT molecular complexity index is 1510. The Labute approximate surface area is 222 Å². The Balaban J connectivity index is 1.33. The van der Waals surface area contributed by atoms with Crippen molar-refractivity contribution in [2.45, 2.75) is 18.4 Å². The van der Waals surface area contributed by atoms with Gasteiger partial charge in [0.15, 0.2) is 5.60 Å². The number of fused-ring (bicyclic) bond motifs is 6. The largest absolute Gasteiger partial charge is 0.508 e. The van der Waals surface area contributed by atoms with Crippen LogP contribution in [-0.2, 0) is 34.2 Å². The maximum Gasteiger partial charge on any atom is 0.340 e. The lowest BCUT2D eigenvalue weighted by molar-refractivity contribution is -0.151. The SMILES string of the molecule is C=CC(=O)OCCOC(=O)CCC(=O)Oc1ccc2c(c1)Oc1cc(O)ccc1C21OC(=O)c2ccccc21. The highest BCUT2D eigenvalue weighted by Crippen LogP contribution is 2.56. The maximum atomic E-state index is 12.8. The zero-order valence-electron chi connectivity index (χ0n) is 20.5. The van der Waals surface area contributed by atoms with Gasteiger partial charge in [0.2, 0.25) is 0 Å². The fourth-order valence-electron chi connectivity index (χ4n) is 4.52. The molecule has 2 heterocycles. The second-order valence-corrected chi connectivity index (χ2v) is 8.62. The zero-order valence-corrected chi connectivity index (χ0v) is 20.5. The van der Waals surface area contributed by atoms with Gasteiger partial charge in [0.25, 0.3) is 0 Å². The molecule has 0 saturated heterocycles. The molecule has 0 amide bonds. The van der Waals surface area contributed by atoms with Gasteiger partial charge in [0.05, 0.1) is 18.4 Å². The average Bonchev–Trinajstić information content (AvgIpc) is 3.22. The first-order valence-electron chi connectivity index (χ1n) is 12.0. The van der Waals surface area contributed by atoms with E-state index in [1.54, 1.807) is 36.4 Å². The number of rotatable bonds is 8. The van der Waals surface area contributed by atoms with Gasteiger partial charge in [-0.25, -0.2) is 9.59 Å². The summed E-state index contributed by atoms with van der Waals surface area (Å²) in [6.45, 7) is 2.98. The molecule has 10 nitrogen and oxygen atoms in total. The minimum Gasteiger partial charge on any atom is -0.508 e. The summed E-state index contributed by atoms with van der Waals surface area (Å²) in [5.41, 5.74) is 0.754. The summed E-state index contributed by atoms with van der Waals surface area (Å²) in [4.78, 5) is 48.1. The molecule has 1 N–H and O–H groups in total. The Kier molecular flexibility index (Phi) is 6.76. The molecule has 3 aromatic rings. The second kappa shape index (κ2) is 10.3. The minimum absolute atomic E-state index is 0.0432. The van der Waals surface area contributed by atoms with E-state index in [1.807, 2.05) is 0 Å². The van der Waals surface area contributed by atoms with Crippen molar-refractivity contribution in [2.24, 2.45) is 0 Å². The zero-order chi connectivity index (χ0) is 27.6. The van der Waals surface area contributed by atoms with Crippen molar-refractivity contribution in [3.05, 3.63) is 95.6 Å². The van der Waals surface area contributed by atoms with Crippen molar-refractivity contribution < 1.29 is 48.0 Å². The third kappa shape index (κ3) is 4.79. The highest BCUT2D eigenvalue weighted by molar-refractivity contribution is 5.97. The smallest absolute Gasteiger partial charge is 0.340 e. The van der Waals surface area contributed by atoms with Crippen LogP contribution in [0.5, 0.6) is 23.0 Å². The second-order valence-electron chi connectivity index (χ2n) is 8.62. The van der Waals surface area contributed by atoms with Crippen LogP contribution in [0.1, 0.15) is 39.9 Å². The van der Waals surface area contributed by atoms with E-state index in [2.05, 4.69) is 6.58 Å². The Morgan fingerprint density at radius 3 is 2.36 bits per heavy atom. The third-order valence-corrected chi connectivity index (χ3v) is 6.19. The molecule has 0 radical (unpaired) electrons. The first kappa shape index (κ1) is 25.5. The third-order valence-electron chi connectivity index (χ3n) is 6.19. The van der Waals surface area contributed by atoms with Crippen LogP contribution in [0, 0.1) is 0 Å². The summed E-state index contributed by atoms with van der Waals surface area (Å²) >= 11 is 0. The summed E-state index contributed by atoms with van der Waals surface area (Å²) in [6, 6.07) is 16.2. The van der Waals surface area contributed by atoms with E-state index in [1.165, 1.54) is 24.3 Å². The lowest BCUT2D eigenvalue weighted by Crippen LogP contribution is -2.33. The number of benzene rings is 3. The highest BCUT2D eigenvalue weighted by Gasteiger charge is 2.53. The van der Waals surface area contributed by atoms with E-state index in [9.17, 15) is 24.3 Å². The first-order chi connectivity index (χ1) is 18.8. The summed E-state index contributed by atoms with van der Waals surface area (Å²) < 4.78 is 27.0. The van der Waals surface area contributed by atoms with Crippen LogP contribution < -0.4 is 9.47 Å².